The SMILES string of the molecule is COc1ccc(Cc2cc([C@@]3(OC)C[C@@H](OCc4ccccc4)C[C@@H](CO)O3)ccc2Cl)c(F)c1F. The van der Waals surface area contributed by atoms with Crippen molar-refractivity contribution in [1.82, 2.24) is 0 Å². The van der Waals surface area contributed by atoms with Gasteiger partial charge < -0.3 is 24.1 Å². The van der Waals surface area contributed by atoms with Crippen molar-refractivity contribution in [1.29, 1.82) is 0 Å². The molecular weight excluding hydrogens is 490 g/mol. The summed E-state index contributed by atoms with van der Waals surface area (Å²) >= 11 is 6.44. The van der Waals surface area contributed by atoms with E-state index in [-0.39, 0.29) is 30.4 Å². The maximum Gasteiger partial charge on any atom is 0.200 e. The number of hydrogen-bond donors (Lipinski definition) is 1. The van der Waals surface area contributed by atoms with Gasteiger partial charge >= 0.3 is 0 Å². The number of rotatable bonds is 9. The molecule has 36 heavy (non-hydrogen) atoms. The molecule has 0 spiro atoms. The predicted molar refractivity (Wildman–Crippen MR) is 132 cm³/mol. The number of halogens is 3. The Hall–Kier alpha value is -2.55. The first kappa shape index (κ1) is 26.5. The van der Waals surface area contributed by atoms with E-state index in [2.05, 4.69) is 0 Å². The summed E-state index contributed by atoms with van der Waals surface area (Å²) in [5, 5.41) is 10.3. The van der Waals surface area contributed by atoms with Gasteiger partial charge in [0.05, 0.1) is 32.5 Å². The second-order valence-electron chi connectivity index (χ2n) is 8.78. The van der Waals surface area contributed by atoms with Crippen molar-refractivity contribution in [3.05, 3.63) is 99.6 Å². The van der Waals surface area contributed by atoms with Crippen molar-refractivity contribution in [2.45, 2.75) is 43.9 Å². The molecule has 1 N–H and O–H groups in total. The molecule has 0 aliphatic carbocycles. The van der Waals surface area contributed by atoms with E-state index >= 15 is 0 Å². The number of benzene rings is 3. The molecule has 3 aromatic rings. The zero-order valence-corrected chi connectivity index (χ0v) is 20.9. The Balaban J connectivity index is 1.61. The molecule has 0 bridgehead atoms. The Labute approximate surface area is 214 Å². The second-order valence-corrected chi connectivity index (χ2v) is 9.18. The van der Waals surface area contributed by atoms with Gasteiger partial charge in [0.25, 0.3) is 0 Å². The average Bonchev–Trinajstić information content (AvgIpc) is 2.91. The number of aliphatic hydroxyl groups excluding tert-OH is 1. The molecule has 3 atom stereocenters. The highest BCUT2D eigenvalue weighted by molar-refractivity contribution is 6.31. The largest absolute Gasteiger partial charge is 0.494 e. The lowest BCUT2D eigenvalue weighted by atomic mass is 9.90. The molecule has 0 saturated carbocycles. The fourth-order valence-electron chi connectivity index (χ4n) is 4.52. The van der Waals surface area contributed by atoms with Crippen LogP contribution in [0.4, 0.5) is 8.78 Å². The summed E-state index contributed by atoms with van der Waals surface area (Å²) in [6.07, 6.45) is 0.177. The lowest BCUT2D eigenvalue weighted by Gasteiger charge is -2.43. The summed E-state index contributed by atoms with van der Waals surface area (Å²) in [6, 6.07) is 17.9. The van der Waals surface area contributed by atoms with Crippen molar-refractivity contribution in [2.75, 3.05) is 20.8 Å². The molecule has 8 heteroatoms. The summed E-state index contributed by atoms with van der Waals surface area (Å²) in [6.45, 7) is 0.213. The van der Waals surface area contributed by atoms with E-state index in [1.165, 1.54) is 26.4 Å². The topological polar surface area (TPSA) is 57.2 Å². The van der Waals surface area contributed by atoms with Crippen LogP contribution >= 0.6 is 11.6 Å². The standard InChI is InChI=1S/C28H29ClF2O5/c1-33-25-11-8-19(26(30)27(25)31)12-20-13-21(9-10-24(20)29)28(34-2)15-22(14-23(16-32)36-28)35-17-18-6-4-3-5-7-18/h3-11,13,22-23,32H,12,14-17H2,1-2H3/t22-,23-,28+/m0/s1. The van der Waals surface area contributed by atoms with E-state index in [1.807, 2.05) is 30.3 Å². The molecule has 3 aromatic carbocycles. The van der Waals surface area contributed by atoms with Gasteiger partial charge in [-0.15, -0.1) is 0 Å². The molecule has 4 rings (SSSR count). The molecule has 1 saturated heterocycles. The third kappa shape index (κ3) is 5.71. The van der Waals surface area contributed by atoms with Crippen LogP contribution in [0.15, 0.2) is 60.7 Å². The van der Waals surface area contributed by atoms with Crippen molar-refractivity contribution in [3.8, 4) is 5.75 Å². The first-order valence-electron chi connectivity index (χ1n) is 11.7. The third-order valence-corrected chi connectivity index (χ3v) is 6.82. The quantitative estimate of drug-likeness (QED) is 0.389. The van der Waals surface area contributed by atoms with Crippen molar-refractivity contribution >= 4 is 11.6 Å². The maximum absolute atomic E-state index is 14.6. The molecule has 1 heterocycles. The summed E-state index contributed by atoms with van der Waals surface area (Å²) in [4.78, 5) is 0. The highest BCUT2D eigenvalue weighted by Crippen LogP contribution is 2.41. The number of aliphatic hydroxyl groups is 1. The minimum atomic E-state index is -1.21. The van der Waals surface area contributed by atoms with Gasteiger partial charge in [-0.2, -0.15) is 4.39 Å². The van der Waals surface area contributed by atoms with Crippen LogP contribution in [-0.2, 0) is 33.0 Å². The first-order chi connectivity index (χ1) is 17.4. The lowest BCUT2D eigenvalue weighted by Crippen LogP contribution is -2.47. The van der Waals surface area contributed by atoms with Gasteiger partial charge in [-0.25, -0.2) is 4.39 Å². The molecule has 1 aliphatic heterocycles. The third-order valence-electron chi connectivity index (χ3n) is 6.45. The van der Waals surface area contributed by atoms with Crippen LogP contribution in [0.1, 0.15) is 35.1 Å². The van der Waals surface area contributed by atoms with Crippen LogP contribution in [0.2, 0.25) is 5.02 Å². The normalized spacial score (nSPS) is 21.9. The Morgan fingerprint density at radius 1 is 1.03 bits per heavy atom. The second kappa shape index (κ2) is 11.7. The fourth-order valence-corrected chi connectivity index (χ4v) is 4.71. The minimum absolute atomic E-state index is 0.0522. The molecule has 0 aromatic heterocycles. The Kier molecular flexibility index (Phi) is 8.59. The van der Waals surface area contributed by atoms with Crippen molar-refractivity contribution in [2.24, 2.45) is 0 Å². The number of methoxy groups -OCH3 is 2. The van der Waals surface area contributed by atoms with Crippen LogP contribution < -0.4 is 4.74 Å². The van der Waals surface area contributed by atoms with E-state index in [1.54, 1.807) is 18.2 Å². The van der Waals surface area contributed by atoms with E-state index in [0.29, 0.717) is 35.6 Å². The number of ether oxygens (including phenoxy) is 4. The van der Waals surface area contributed by atoms with Crippen LogP contribution in [0.3, 0.4) is 0 Å². The van der Waals surface area contributed by atoms with Crippen LogP contribution in [-0.4, -0.2) is 38.1 Å². The van der Waals surface area contributed by atoms with Gasteiger partial charge in [-0.05, 0) is 34.9 Å². The molecule has 0 unspecified atom stereocenters. The van der Waals surface area contributed by atoms with Gasteiger partial charge in [0, 0.05) is 37.0 Å². The van der Waals surface area contributed by atoms with Crippen molar-refractivity contribution in [3.63, 3.8) is 0 Å². The van der Waals surface area contributed by atoms with Crippen LogP contribution in [0, 0.1) is 11.6 Å². The highest BCUT2D eigenvalue weighted by Gasteiger charge is 2.44. The van der Waals surface area contributed by atoms with Crippen LogP contribution in [0.5, 0.6) is 5.75 Å². The number of hydrogen-bond acceptors (Lipinski definition) is 5. The van der Waals surface area contributed by atoms with Crippen molar-refractivity contribution < 1.29 is 32.8 Å². The molecule has 0 amide bonds. The Morgan fingerprint density at radius 2 is 1.81 bits per heavy atom. The van der Waals surface area contributed by atoms with Gasteiger partial charge in [0.1, 0.15) is 0 Å². The smallest absolute Gasteiger partial charge is 0.200 e. The average molecular weight is 519 g/mol. The van der Waals surface area contributed by atoms with E-state index < -0.39 is 23.5 Å². The van der Waals surface area contributed by atoms with Gasteiger partial charge in [0.2, 0.25) is 5.82 Å². The Bertz CT molecular complexity index is 1180. The highest BCUT2D eigenvalue weighted by atomic mass is 35.5. The summed E-state index contributed by atoms with van der Waals surface area (Å²) in [5.41, 5.74) is 2.39. The summed E-state index contributed by atoms with van der Waals surface area (Å²) in [7, 11) is 2.81. The molecule has 5 nitrogen and oxygen atoms in total. The fraction of sp³-hybridized carbons (Fsp3) is 0.357. The minimum Gasteiger partial charge on any atom is -0.494 e. The molecule has 1 aliphatic rings. The van der Waals surface area contributed by atoms with E-state index in [0.717, 1.165) is 5.56 Å². The summed E-state index contributed by atoms with van der Waals surface area (Å²) < 4.78 is 52.0. The summed E-state index contributed by atoms with van der Waals surface area (Å²) in [5.74, 6) is -3.41. The maximum atomic E-state index is 14.6. The van der Waals surface area contributed by atoms with E-state index in [9.17, 15) is 13.9 Å². The lowest BCUT2D eigenvalue weighted by molar-refractivity contribution is -0.303. The molecular formula is C28H29ClF2O5. The van der Waals surface area contributed by atoms with Gasteiger partial charge in [0.15, 0.2) is 17.4 Å². The van der Waals surface area contributed by atoms with Gasteiger partial charge in [-0.3, -0.25) is 0 Å². The zero-order valence-electron chi connectivity index (χ0n) is 20.2. The van der Waals surface area contributed by atoms with Gasteiger partial charge in [-0.1, -0.05) is 54.1 Å². The first-order valence-corrected chi connectivity index (χ1v) is 12.1. The molecule has 192 valence electrons. The monoisotopic (exact) mass is 518 g/mol. The molecule has 0 radical (unpaired) electrons. The zero-order chi connectivity index (χ0) is 25.7. The van der Waals surface area contributed by atoms with Crippen LogP contribution in [0.25, 0.3) is 0 Å². The van der Waals surface area contributed by atoms with E-state index in [4.69, 9.17) is 30.5 Å². The predicted octanol–water partition coefficient (Wildman–Crippen LogP) is 5.77. The Morgan fingerprint density at radius 3 is 2.50 bits per heavy atom. The molecule has 1 fully saturated rings.